The lowest BCUT2D eigenvalue weighted by atomic mass is 9.88. The molecule has 9 heteroatoms. The Labute approximate surface area is 252 Å². The van der Waals surface area contributed by atoms with Crippen molar-refractivity contribution in [3.8, 4) is 11.5 Å². The topological polar surface area (TPSA) is 65.7 Å². The van der Waals surface area contributed by atoms with E-state index in [-0.39, 0.29) is 11.5 Å². The zero-order chi connectivity index (χ0) is 27.4. The smallest absolute Gasteiger partial charge is 0.282 e. The van der Waals surface area contributed by atoms with Gasteiger partial charge < -0.3 is 9.47 Å². The molecule has 0 aliphatic heterocycles. The monoisotopic (exact) mass is 715 g/mol. The summed E-state index contributed by atoms with van der Waals surface area (Å²) in [6.45, 7) is 2.82. The van der Waals surface area contributed by atoms with Gasteiger partial charge in [0.2, 0.25) is 0 Å². The van der Waals surface area contributed by atoms with E-state index >= 15 is 0 Å². The van der Waals surface area contributed by atoms with Gasteiger partial charge in [0, 0.05) is 24.9 Å². The summed E-state index contributed by atoms with van der Waals surface area (Å²) >= 11 is 10.5. The van der Waals surface area contributed by atoms with Crippen molar-refractivity contribution in [2.75, 3.05) is 6.61 Å². The van der Waals surface area contributed by atoms with E-state index in [1.807, 2.05) is 61.5 Å². The number of benzene rings is 3. The van der Waals surface area contributed by atoms with Crippen LogP contribution in [-0.2, 0) is 6.61 Å². The van der Waals surface area contributed by atoms with Crippen molar-refractivity contribution in [2.45, 2.75) is 51.6 Å². The number of hydrogen-bond acceptors (Lipinski definition) is 5. The second-order valence-electron chi connectivity index (χ2n) is 9.49. The molecule has 0 atom stereocenters. The summed E-state index contributed by atoms with van der Waals surface area (Å²) in [5.74, 6) is 2.20. The first-order chi connectivity index (χ1) is 18.9. The second-order valence-corrected chi connectivity index (χ2v) is 12.2. The minimum absolute atomic E-state index is 0.164. The number of nitrogens with zero attached hydrogens (tertiary/aromatic N) is 3. The molecule has 39 heavy (non-hydrogen) atoms. The third-order valence-electron chi connectivity index (χ3n) is 6.79. The Morgan fingerprint density at radius 2 is 1.72 bits per heavy atom. The molecule has 1 aliphatic rings. The first-order valence-corrected chi connectivity index (χ1v) is 15.4. The SMILES string of the molecule is CCOc1cc(C=Nn2c(C3CCCCC3)nc3ccc(Br)cc3c2=O)ccc1OCc1ccc(Br)cc1Br. The Morgan fingerprint density at radius 3 is 2.49 bits per heavy atom. The number of halogens is 3. The number of rotatable bonds is 8. The molecule has 1 aliphatic carbocycles. The van der Waals surface area contributed by atoms with E-state index in [0.717, 1.165) is 56.1 Å². The molecule has 0 unspecified atom stereocenters. The summed E-state index contributed by atoms with van der Waals surface area (Å²) in [4.78, 5) is 18.5. The number of fused-ring (bicyclic) bond motifs is 1. The van der Waals surface area contributed by atoms with Crippen molar-refractivity contribution >= 4 is 64.9 Å². The lowest BCUT2D eigenvalue weighted by molar-refractivity contribution is 0.269. The standard InChI is InChI=1S/C30H28Br3N3O3/c1-2-38-28-14-19(8-13-27(28)39-18-21-9-10-23(32)16-25(21)33)17-34-36-29(20-6-4-3-5-7-20)35-26-12-11-22(31)15-24(26)30(36)37/h8-17,20H,2-7,18H2,1H3. The van der Waals surface area contributed by atoms with Crippen LogP contribution in [0.5, 0.6) is 11.5 Å². The summed E-state index contributed by atoms with van der Waals surface area (Å²) < 4.78 is 16.3. The van der Waals surface area contributed by atoms with Crippen LogP contribution in [0.15, 0.2) is 77.9 Å². The van der Waals surface area contributed by atoms with E-state index in [9.17, 15) is 4.79 Å². The number of ether oxygens (including phenoxy) is 2. The lowest BCUT2D eigenvalue weighted by Gasteiger charge is -2.22. The van der Waals surface area contributed by atoms with Gasteiger partial charge >= 0.3 is 0 Å². The van der Waals surface area contributed by atoms with E-state index < -0.39 is 0 Å². The molecule has 6 nitrogen and oxygen atoms in total. The average Bonchev–Trinajstić information content (AvgIpc) is 2.93. The first kappa shape index (κ1) is 28.1. The maximum Gasteiger partial charge on any atom is 0.282 e. The highest BCUT2D eigenvalue weighted by Crippen LogP contribution is 2.33. The van der Waals surface area contributed by atoms with Crippen molar-refractivity contribution in [3.05, 3.63) is 95.3 Å². The molecule has 1 heterocycles. The Bertz CT molecular complexity index is 1580. The molecular formula is C30H28Br3N3O3. The van der Waals surface area contributed by atoms with Gasteiger partial charge in [0.05, 0.1) is 23.7 Å². The number of aromatic nitrogens is 2. The van der Waals surface area contributed by atoms with Gasteiger partial charge in [0.15, 0.2) is 11.5 Å². The van der Waals surface area contributed by atoms with Gasteiger partial charge in [-0.3, -0.25) is 4.79 Å². The van der Waals surface area contributed by atoms with Crippen LogP contribution in [0.25, 0.3) is 10.9 Å². The molecule has 1 saturated carbocycles. The molecule has 202 valence electrons. The predicted octanol–water partition coefficient (Wildman–Crippen LogP) is 8.59. The molecule has 0 spiro atoms. The fraction of sp³-hybridized carbons (Fsp3) is 0.300. The third kappa shape index (κ3) is 6.64. The zero-order valence-corrected chi connectivity index (χ0v) is 26.3. The summed E-state index contributed by atoms with van der Waals surface area (Å²) in [7, 11) is 0. The van der Waals surface area contributed by atoms with E-state index in [2.05, 4.69) is 52.9 Å². The predicted molar refractivity (Wildman–Crippen MR) is 166 cm³/mol. The molecule has 3 aromatic carbocycles. The molecule has 1 fully saturated rings. The fourth-order valence-electron chi connectivity index (χ4n) is 4.81. The van der Waals surface area contributed by atoms with Crippen molar-refractivity contribution < 1.29 is 9.47 Å². The van der Waals surface area contributed by atoms with Crippen LogP contribution >= 0.6 is 47.8 Å². The summed E-state index contributed by atoms with van der Waals surface area (Å²) in [6.07, 6.45) is 7.21. The minimum atomic E-state index is -0.164. The molecule has 0 N–H and O–H groups in total. The summed E-state index contributed by atoms with van der Waals surface area (Å²) in [6, 6.07) is 17.3. The first-order valence-electron chi connectivity index (χ1n) is 13.0. The second kappa shape index (κ2) is 12.8. The van der Waals surface area contributed by atoms with E-state index in [4.69, 9.17) is 14.5 Å². The van der Waals surface area contributed by atoms with Crippen molar-refractivity contribution in [1.29, 1.82) is 0 Å². The van der Waals surface area contributed by atoms with Crippen LogP contribution in [0.4, 0.5) is 0 Å². The van der Waals surface area contributed by atoms with Crippen molar-refractivity contribution in [3.63, 3.8) is 0 Å². The molecule has 0 radical (unpaired) electrons. The van der Waals surface area contributed by atoms with Crippen LogP contribution in [0.3, 0.4) is 0 Å². The van der Waals surface area contributed by atoms with Gasteiger partial charge in [-0.15, -0.1) is 0 Å². The highest BCUT2D eigenvalue weighted by molar-refractivity contribution is 9.11. The normalized spacial score (nSPS) is 14.3. The van der Waals surface area contributed by atoms with Gasteiger partial charge in [0.25, 0.3) is 5.56 Å². The molecular weight excluding hydrogens is 690 g/mol. The third-order valence-corrected chi connectivity index (χ3v) is 8.52. The molecule has 0 bridgehead atoms. The maximum atomic E-state index is 13.6. The Kier molecular flexibility index (Phi) is 9.20. The highest BCUT2D eigenvalue weighted by Gasteiger charge is 2.22. The van der Waals surface area contributed by atoms with Gasteiger partial charge in [0.1, 0.15) is 12.4 Å². The number of hydrogen-bond donors (Lipinski definition) is 0. The van der Waals surface area contributed by atoms with Gasteiger partial charge in [-0.1, -0.05) is 73.1 Å². The maximum absolute atomic E-state index is 13.6. The van der Waals surface area contributed by atoms with Gasteiger partial charge in [-0.25, -0.2) is 4.98 Å². The van der Waals surface area contributed by atoms with Crippen molar-refractivity contribution in [2.24, 2.45) is 5.10 Å². The van der Waals surface area contributed by atoms with Gasteiger partial charge in [-0.05, 0) is 73.9 Å². The minimum Gasteiger partial charge on any atom is -0.490 e. The summed E-state index contributed by atoms with van der Waals surface area (Å²) in [5, 5.41) is 5.21. The van der Waals surface area contributed by atoms with Crippen LogP contribution in [0.1, 0.15) is 61.9 Å². The Morgan fingerprint density at radius 1 is 0.949 bits per heavy atom. The van der Waals surface area contributed by atoms with E-state index in [1.165, 1.54) is 11.1 Å². The zero-order valence-electron chi connectivity index (χ0n) is 21.5. The highest BCUT2D eigenvalue weighted by atomic mass is 79.9. The van der Waals surface area contributed by atoms with Crippen molar-refractivity contribution in [1.82, 2.24) is 9.66 Å². The summed E-state index contributed by atoms with van der Waals surface area (Å²) in [5.41, 5.74) is 2.36. The molecule has 0 amide bonds. The Hall–Kier alpha value is -2.49. The van der Waals surface area contributed by atoms with E-state index in [0.29, 0.717) is 35.6 Å². The lowest BCUT2D eigenvalue weighted by Crippen LogP contribution is -2.25. The Balaban J connectivity index is 1.47. The molecule has 4 aromatic rings. The van der Waals surface area contributed by atoms with Crippen LogP contribution < -0.4 is 15.0 Å². The molecule has 5 rings (SSSR count). The van der Waals surface area contributed by atoms with Crippen LogP contribution in [0, 0.1) is 0 Å². The van der Waals surface area contributed by atoms with Crippen LogP contribution in [-0.4, -0.2) is 22.5 Å². The fourth-order valence-corrected chi connectivity index (χ4v) is 6.34. The average molecular weight is 718 g/mol. The van der Waals surface area contributed by atoms with E-state index in [1.54, 1.807) is 6.21 Å². The molecule has 0 saturated heterocycles. The van der Waals surface area contributed by atoms with Crippen LogP contribution in [0.2, 0.25) is 0 Å². The quantitative estimate of drug-likeness (QED) is 0.171. The van der Waals surface area contributed by atoms with Gasteiger partial charge in [-0.2, -0.15) is 9.78 Å². The largest absolute Gasteiger partial charge is 0.490 e. The molecule has 1 aromatic heterocycles.